The van der Waals surface area contributed by atoms with Crippen LogP contribution in [-0.4, -0.2) is 28.6 Å². The molecule has 0 unspecified atom stereocenters. The Balaban J connectivity index is 2.38. The Hall–Kier alpha value is -1.69. The standard InChI is InChI=1S/C12H16N4OS/c1-4-6-13-11-14-10(15-12(16-11)17-3)9-8(2)5-7-18-9/h5,7H,4,6H2,1-3H3,(H,13,14,15,16). The summed E-state index contributed by atoms with van der Waals surface area (Å²) in [6.45, 7) is 4.97. The SMILES string of the molecule is CCCNc1nc(OC)nc(-c2sccc2C)n1. The van der Waals surface area contributed by atoms with Gasteiger partial charge in [0.05, 0.1) is 12.0 Å². The molecule has 0 amide bonds. The second-order valence-electron chi connectivity index (χ2n) is 3.83. The van der Waals surface area contributed by atoms with Gasteiger partial charge < -0.3 is 10.1 Å². The summed E-state index contributed by atoms with van der Waals surface area (Å²) in [6, 6.07) is 2.39. The molecular weight excluding hydrogens is 248 g/mol. The Morgan fingerprint density at radius 1 is 1.33 bits per heavy atom. The van der Waals surface area contributed by atoms with E-state index in [1.54, 1.807) is 18.4 Å². The van der Waals surface area contributed by atoms with Crippen LogP contribution < -0.4 is 10.1 Å². The molecule has 0 radical (unpaired) electrons. The number of nitrogens with one attached hydrogen (secondary N) is 1. The zero-order valence-corrected chi connectivity index (χ0v) is 11.5. The maximum absolute atomic E-state index is 5.12. The number of hydrogen-bond donors (Lipinski definition) is 1. The molecule has 0 aliphatic rings. The lowest BCUT2D eigenvalue weighted by atomic mass is 10.3. The molecule has 0 saturated heterocycles. The average molecular weight is 264 g/mol. The van der Waals surface area contributed by atoms with E-state index in [2.05, 4.69) is 33.3 Å². The van der Waals surface area contributed by atoms with Crippen molar-refractivity contribution in [3.05, 3.63) is 17.0 Å². The van der Waals surface area contributed by atoms with Gasteiger partial charge in [-0.25, -0.2) is 0 Å². The van der Waals surface area contributed by atoms with Gasteiger partial charge in [-0.3, -0.25) is 0 Å². The first-order valence-corrected chi connectivity index (χ1v) is 6.71. The van der Waals surface area contributed by atoms with E-state index in [4.69, 9.17) is 4.74 Å². The van der Waals surface area contributed by atoms with Crippen molar-refractivity contribution in [2.24, 2.45) is 0 Å². The number of anilines is 1. The highest BCUT2D eigenvalue weighted by molar-refractivity contribution is 7.13. The van der Waals surface area contributed by atoms with Crippen molar-refractivity contribution in [2.75, 3.05) is 19.0 Å². The summed E-state index contributed by atoms with van der Waals surface area (Å²) < 4.78 is 5.12. The van der Waals surface area contributed by atoms with Crippen LogP contribution in [0.3, 0.4) is 0 Å². The quantitative estimate of drug-likeness (QED) is 0.899. The Labute approximate surface area is 110 Å². The summed E-state index contributed by atoms with van der Waals surface area (Å²) in [5, 5.41) is 5.18. The first-order chi connectivity index (χ1) is 8.74. The van der Waals surface area contributed by atoms with Gasteiger partial charge in [0.15, 0.2) is 5.82 Å². The van der Waals surface area contributed by atoms with Crippen LogP contribution in [0.4, 0.5) is 5.95 Å². The number of aromatic nitrogens is 3. The van der Waals surface area contributed by atoms with E-state index < -0.39 is 0 Å². The van der Waals surface area contributed by atoms with Crippen LogP contribution >= 0.6 is 11.3 Å². The van der Waals surface area contributed by atoms with Gasteiger partial charge in [-0.15, -0.1) is 11.3 Å². The molecule has 2 rings (SSSR count). The van der Waals surface area contributed by atoms with Gasteiger partial charge in [-0.05, 0) is 30.4 Å². The molecule has 0 aliphatic carbocycles. The Morgan fingerprint density at radius 3 is 2.78 bits per heavy atom. The predicted octanol–water partition coefficient (Wildman–Crippen LogP) is 2.74. The molecule has 0 spiro atoms. The van der Waals surface area contributed by atoms with E-state index in [0.717, 1.165) is 23.4 Å². The fraction of sp³-hybridized carbons (Fsp3) is 0.417. The highest BCUT2D eigenvalue weighted by atomic mass is 32.1. The van der Waals surface area contributed by atoms with Crippen molar-refractivity contribution < 1.29 is 4.74 Å². The molecule has 1 N–H and O–H groups in total. The topological polar surface area (TPSA) is 59.9 Å². The molecule has 18 heavy (non-hydrogen) atoms. The van der Waals surface area contributed by atoms with Gasteiger partial charge in [-0.2, -0.15) is 15.0 Å². The summed E-state index contributed by atoms with van der Waals surface area (Å²) in [6.07, 6.45) is 1.02. The average Bonchev–Trinajstić information content (AvgIpc) is 2.82. The van der Waals surface area contributed by atoms with Crippen molar-refractivity contribution in [2.45, 2.75) is 20.3 Å². The molecule has 5 nitrogen and oxygen atoms in total. The van der Waals surface area contributed by atoms with Gasteiger partial charge in [0.1, 0.15) is 0 Å². The third-order valence-corrected chi connectivity index (χ3v) is 3.41. The highest BCUT2D eigenvalue weighted by Crippen LogP contribution is 2.27. The molecule has 2 aromatic heterocycles. The first kappa shape index (κ1) is 12.8. The van der Waals surface area contributed by atoms with Gasteiger partial charge in [0, 0.05) is 6.54 Å². The zero-order chi connectivity index (χ0) is 13.0. The Morgan fingerprint density at radius 2 is 2.17 bits per heavy atom. The van der Waals surface area contributed by atoms with Crippen LogP contribution in [-0.2, 0) is 0 Å². The summed E-state index contributed by atoms with van der Waals surface area (Å²) >= 11 is 1.62. The van der Waals surface area contributed by atoms with Crippen LogP contribution in [0.15, 0.2) is 11.4 Å². The number of rotatable bonds is 5. The number of ether oxygens (including phenoxy) is 1. The normalized spacial score (nSPS) is 10.4. The van der Waals surface area contributed by atoms with E-state index in [1.807, 2.05) is 12.3 Å². The van der Waals surface area contributed by atoms with Gasteiger partial charge >= 0.3 is 6.01 Å². The molecule has 6 heteroatoms. The first-order valence-electron chi connectivity index (χ1n) is 5.83. The van der Waals surface area contributed by atoms with Crippen LogP contribution in [0.1, 0.15) is 18.9 Å². The summed E-state index contributed by atoms with van der Waals surface area (Å²) in [7, 11) is 1.56. The minimum Gasteiger partial charge on any atom is -0.467 e. The predicted molar refractivity (Wildman–Crippen MR) is 73.2 cm³/mol. The van der Waals surface area contributed by atoms with E-state index in [1.165, 1.54) is 0 Å². The van der Waals surface area contributed by atoms with Crippen molar-refractivity contribution in [1.82, 2.24) is 15.0 Å². The summed E-state index contributed by atoms with van der Waals surface area (Å²) in [5.74, 6) is 1.22. The zero-order valence-electron chi connectivity index (χ0n) is 10.7. The Bertz CT molecular complexity index is 527. The van der Waals surface area contributed by atoms with Crippen LogP contribution in [0.25, 0.3) is 10.7 Å². The number of methoxy groups -OCH3 is 1. The monoisotopic (exact) mass is 264 g/mol. The lowest BCUT2D eigenvalue weighted by molar-refractivity contribution is 0.379. The van der Waals surface area contributed by atoms with Gasteiger partial charge in [0.2, 0.25) is 5.95 Å². The van der Waals surface area contributed by atoms with E-state index in [0.29, 0.717) is 17.8 Å². The lowest BCUT2D eigenvalue weighted by Gasteiger charge is -2.07. The minimum absolute atomic E-state index is 0.339. The van der Waals surface area contributed by atoms with Crippen molar-refractivity contribution >= 4 is 17.3 Å². The third kappa shape index (κ3) is 2.76. The number of thiophene rings is 1. The number of hydrogen-bond acceptors (Lipinski definition) is 6. The third-order valence-electron chi connectivity index (χ3n) is 2.40. The lowest BCUT2D eigenvalue weighted by Crippen LogP contribution is -2.07. The highest BCUT2D eigenvalue weighted by Gasteiger charge is 2.11. The van der Waals surface area contributed by atoms with Crippen molar-refractivity contribution in [3.8, 4) is 16.7 Å². The molecule has 0 atom stereocenters. The fourth-order valence-corrected chi connectivity index (χ4v) is 2.33. The molecule has 0 saturated carbocycles. The van der Waals surface area contributed by atoms with Crippen LogP contribution in [0, 0.1) is 6.92 Å². The Kier molecular flexibility index (Phi) is 4.09. The molecule has 2 heterocycles. The second kappa shape index (κ2) is 5.77. The fourth-order valence-electron chi connectivity index (χ4n) is 1.47. The van der Waals surface area contributed by atoms with E-state index in [-0.39, 0.29) is 0 Å². The largest absolute Gasteiger partial charge is 0.467 e. The molecule has 96 valence electrons. The van der Waals surface area contributed by atoms with Gasteiger partial charge in [-0.1, -0.05) is 6.92 Å². The molecule has 2 aromatic rings. The van der Waals surface area contributed by atoms with Crippen LogP contribution in [0.2, 0.25) is 0 Å². The molecule has 0 bridgehead atoms. The maximum atomic E-state index is 5.12. The molecular formula is C12H16N4OS. The molecule has 0 aliphatic heterocycles. The summed E-state index contributed by atoms with van der Waals surface area (Å²) in [5.41, 5.74) is 1.16. The van der Waals surface area contributed by atoms with Crippen LogP contribution in [0.5, 0.6) is 6.01 Å². The summed E-state index contributed by atoms with van der Waals surface area (Å²) in [4.78, 5) is 13.9. The molecule has 0 aromatic carbocycles. The van der Waals surface area contributed by atoms with Crippen molar-refractivity contribution in [3.63, 3.8) is 0 Å². The van der Waals surface area contributed by atoms with E-state index in [9.17, 15) is 0 Å². The number of aryl methyl sites for hydroxylation is 1. The minimum atomic E-state index is 0.339. The molecule has 0 fully saturated rings. The van der Waals surface area contributed by atoms with E-state index >= 15 is 0 Å². The number of nitrogens with zero attached hydrogens (tertiary/aromatic N) is 3. The smallest absolute Gasteiger partial charge is 0.321 e. The van der Waals surface area contributed by atoms with Crippen molar-refractivity contribution in [1.29, 1.82) is 0 Å². The maximum Gasteiger partial charge on any atom is 0.321 e. The van der Waals surface area contributed by atoms with Gasteiger partial charge in [0.25, 0.3) is 0 Å². The second-order valence-corrected chi connectivity index (χ2v) is 4.74.